The molecule has 0 fully saturated rings. The second-order valence-corrected chi connectivity index (χ2v) is 5.48. The molecule has 0 radical (unpaired) electrons. The molecule has 0 bridgehead atoms. The molecule has 0 atom stereocenters. The molecule has 2 aromatic carbocycles. The van der Waals surface area contributed by atoms with Crippen LogP contribution in [0.4, 0.5) is 0 Å². The van der Waals surface area contributed by atoms with Crippen LogP contribution in [0.3, 0.4) is 0 Å². The molecule has 0 saturated heterocycles. The number of likely N-dealkylation sites (N-methyl/N-ethyl adjacent to an activating group) is 1. The maximum absolute atomic E-state index is 11.8. The number of benzene rings is 2. The molecule has 0 heterocycles. The van der Waals surface area contributed by atoms with Crippen LogP contribution in [0.25, 0.3) is 16.8 Å². The van der Waals surface area contributed by atoms with E-state index >= 15 is 0 Å². The van der Waals surface area contributed by atoms with Crippen molar-refractivity contribution in [3.05, 3.63) is 48.0 Å². The molecule has 5 nitrogen and oxygen atoms in total. The lowest BCUT2D eigenvalue weighted by Crippen LogP contribution is -2.34. The molecular formula is C20H23NO4. The molecule has 132 valence electrons. The second kappa shape index (κ2) is 8.87. The molecule has 0 aromatic heterocycles. The lowest BCUT2D eigenvalue weighted by molar-refractivity contribution is -0.147. The van der Waals surface area contributed by atoms with Gasteiger partial charge in [-0.05, 0) is 54.5 Å². The number of hydrogen-bond acceptors (Lipinski definition) is 4. The molecule has 0 N–H and O–H groups in total. The quantitative estimate of drug-likeness (QED) is 0.573. The molecule has 1 amide bonds. The maximum Gasteiger partial charge on any atom is 0.331 e. The van der Waals surface area contributed by atoms with E-state index in [-0.39, 0.29) is 12.5 Å². The average Bonchev–Trinajstić information content (AvgIpc) is 2.65. The lowest BCUT2D eigenvalue weighted by atomic mass is 10.1. The van der Waals surface area contributed by atoms with Crippen molar-refractivity contribution in [2.75, 3.05) is 26.8 Å². The van der Waals surface area contributed by atoms with Crippen LogP contribution in [0, 0.1) is 0 Å². The fourth-order valence-electron chi connectivity index (χ4n) is 2.49. The van der Waals surface area contributed by atoms with Crippen molar-refractivity contribution in [3.63, 3.8) is 0 Å². The van der Waals surface area contributed by atoms with Gasteiger partial charge in [0.25, 0.3) is 5.91 Å². The highest BCUT2D eigenvalue weighted by Gasteiger charge is 2.11. The van der Waals surface area contributed by atoms with E-state index in [0.29, 0.717) is 13.1 Å². The van der Waals surface area contributed by atoms with Crippen LogP contribution in [0.1, 0.15) is 19.4 Å². The first kappa shape index (κ1) is 18.5. The summed E-state index contributed by atoms with van der Waals surface area (Å²) >= 11 is 0. The first-order valence-corrected chi connectivity index (χ1v) is 8.27. The summed E-state index contributed by atoms with van der Waals surface area (Å²) in [5.74, 6) is 0.0824. The molecule has 2 rings (SSSR count). The van der Waals surface area contributed by atoms with Gasteiger partial charge in [0, 0.05) is 19.2 Å². The monoisotopic (exact) mass is 341 g/mol. The summed E-state index contributed by atoms with van der Waals surface area (Å²) in [4.78, 5) is 25.2. The summed E-state index contributed by atoms with van der Waals surface area (Å²) in [6, 6.07) is 11.7. The van der Waals surface area contributed by atoms with Gasteiger partial charge in [0.2, 0.25) is 0 Å². The molecular weight excluding hydrogens is 318 g/mol. The first-order chi connectivity index (χ1) is 12.1. The highest BCUT2D eigenvalue weighted by molar-refractivity contribution is 5.91. The third-order valence-electron chi connectivity index (χ3n) is 3.94. The summed E-state index contributed by atoms with van der Waals surface area (Å²) in [7, 11) is 1.63. The van der Waals surface area contributed by atoms with Gasteiger partial charge >= 0.3 is 5.97 Å². The molecule has 0 aliphatic rings. The fourth-order valence-corrected chi connectivity index (χ4v) is 2.49. The van der Waals surface area contributed by atoms with Crippen molar-refractivity contribution >= 4 is 28.7 Å². The van der Waals surface area contributed by atoms with Gasteiger partial charge in [-0.15, -0.1) is 0 Å². The van der Waals surface area contributed by atoms with Gasteiger partial charge in [-0.3, -0.25) is 4.79 Å². The zero-order valence-electron chi connectivity index (χ0n) is 14.8. The number of amides is 1. The number of rotatable bonds is 7. The number of carbonyl (C=O) groups excluding carboxylic acids is 2. The van der Waals surface area contributed by atoms with E-state index in [9.17, 15) is 9.59 Å². The maximum atomic E-state index is 11.8. The normalized spacial score (nSPS) is 10.8. The van der Waals surface area contributed by atoms with Crippen molar-refractivity contribution in [1.29, 1.82) is 0 Å². The molecule has 0 saturated carbocycles. The molecule has 0 aliphatic carbocycles. The molecule has 0 spiro atoms. The van der Waals surface area contributed by atoms with Crippen molar-refractivity contribution in [2.45, 2.75) is 13.8 Å². The number of hydrogen-bond donors (Lipinski definition) is 0. The summed E-state index contributed by atoms with van der Waals surface area (Å²) in [6.45, 7) is 4.74. The largest absolute Gasteiger partial charge is 0.497 e. The zero-order chi connectivity index (χ0) is 18.2. The molecule has 5 heteroatoms. The van der Waals surface area contributed by atoms with Crippen molar-refractivity contribution in [3.8, 4) is 5.75 Å². The van der Waals surface area contributed by atoms with Crippen LogP contribution in [-0.2, 0) is 14.3 Å². The SMILES string of the molecule is CCN(CC)C(=O)COC(=O)/C=C/c1ccc2cc(OC)ccc2c1. The molecule has 2 aromatic rings. The van der Waals surface area contributed by atoms with Crippen molar-refractivity contribution < 1.29 is 19.1 Å². The minimum atomic E-state index is -0.532. The van der Waals surface area contributed by atoms with Gasteiger partial charge in [0.15, 0.2) is 6.61 Å². The highest BCUT2D eigenvalue weighted by atomic mass is 16.5. The van der Waals surface area contributed by atoms with Crippen LogP contribution in [-0.4, -0.2) is 43.6 Å². The number of methoxy groups -OCH3 is 1. The summed E-state index contributed by atoms with van der Waals surface area (Å²) < 4.78 is 10.2. The molecule has 0 aliphatic heterocycles. The number of esters is 1. The van der Waals surface area contributed by atoms with Crippen molar-refractivity contribution in [2.24, 2.45) is 0 Å². The Balaban J connectivity index is 1.97. The predicted octanol–water partition coefficient (Wildman–Crippen LogP) is 3.27. The average molecular weight is 341 g/mol. The van der Waals surface area contributed by atoms with Crippen LogP contribution >= 0.6 is 0 Å². The Hall–Kier alpha value is -2.82. The Morgan fingerprint density at radius 2 is 1.72 bits per heavy atom. The zero-order valence-corrected chi connectivity index (χ0v) is 14.8. The highest BCUT2D eigenvalue weighted by Crippen LogP contribution is 2.22. The van der Waals surface area contributed by atoms with Gasteiger partial charge in [-0.2, -0.15) is 0 Å². The Morgan fingerprint density at radius 3 is 2.40 bits per heavy atom. The van der Waals surface area contributed by atoms with E-state index in [0.717, 1.165) is 22.1 Å². The predicted molar refractivity (Wildman–Crippen MR) is 98.4 cm³/mol. The fraction of sp³-hybridized carbons (Fsp3) is 0.300. The smallest absolute Gasteiger partial charge is 0.331 e. The van der Waals surface area contributed by atoms with E-state index in [2.05, 4.69) is 0 Å². The van der Waals surface area contributed by atoms with E-state index < -0.39 is 5.97 Å². The van der Waals surface area contributed by atoms with Gasteiger partial charge < -0.3 is 14.4 Å². The number of ether oxygens (including phenoxy) is 2. The Bertz CT molecular complexity index is 778. The Kier molecular flexibility index (Phi) is 6.57. The third kappa shape index (κ3) is 5.08. The first-order valence-electron chi connectivity index (χ1n) is 8.27. The Morgan fingerprint density at radius 1 is 1.04 bits per heavy atom. The number of fused-ring (bicyclic) bond motifs is 1. The second-order valence-electron chi connectivity index (χ2n) is 5.48. The lowest BCUT2D eigenvalue weighted by Gasteiger charge is -2.17. The van der Waals surface area contributed by atoms with Crippen LogP contribution < -0.4 is 4.74 Å². The summed E-state index contributed by atoms with van der Waals surface area (Å²) in [5, 5.41) is 2.11. The Labute approximate surface area is 147 Å². The summed E-state index contributed by atoms with van der Waals surface area (Å²) in [5.41, 5.74) is 0.879. The van der Waals surface area contributed by atoms with E-state index in [1.54, 1.807) is 18.1 Å². The minimum absolute atomic E-state index is 0.189. The third-order valence-corrected chi connectivity index (χ3v) is 3.94. The van der Waals surface area contributed by atoms with Crippen LogP contribution in [0.5, 0.6) is 5.75 Å². The van der Waals surface area contributed by atoms with Gasteiger partial charge in [-0.1, -0.05) is 18.2 Å². The summed E-state index contributed by atoms with van der Waals surface area (Å²) in [6.07, 6.45) is 3.01. The van der Waals surface area contributed by atoms with Crippen molar-refractivity contribution in [1.82, 2.24) is 4.90 Å². The minimum Gasteiger partial charge on any atom is -0.497 e. The standard InChI is InChI=1S/C20H23NO4/c1-4-21(5-2)19(22)14-25-20(23)11-7-15-6-8-17-13-18(24-3)10-9-16(17)12-15/h6-13H,4-5,14H2,1-3H3/b11-7+. The van der Waals surface area contributed by atoms with E-state index in [1.165, 1.54) is 6.08 Å². The molecule has 25 heavy (non-hydrogen) atoms. The van der Waals surface area contributed by atoms with E-state index in [4.69, 9.17) is 9.47 Å². The van der Waals surface area contributed by atoms with E-state index in [1.807, 2.05) is 50.2 Å². The van der Waals surface area contributed by atoms with Crippen LogP contribution in [0.15, 0.2) is 42.5 Å². The molecule has 0 unspecified atom stereocenters. The van der Waals surface area contributed by atoms with Gasteiger partial charge in [0.1, 0.15) is 5.75 Å². The van der Waals surface area contributed by atoms with Gasteiger partial charge in [-0.25, -0.2) is 4.79 Å². The van der Waals surface area contributed by atoms with Crippen LogP contribution in [0.2, 0.25) is 0 Å². The number of nitrogens with zero attached hydrogens (tertiary/aromatic N) is 1. The van der Waals surface area contributed by atoms with Gasteiger partial charge in [0.05, 0.1) is 7.11 Å². The topological polar surface area (TPSA) is 55.8 Å². The number of carbonyl (C=O) groups is 2.